The van der Waals surface area contributed by atoms with E-state index in [2.05, 4.69) is 13.8 Å². The molecule has 0 aliphatic rings. The van der Waals surface area contributed by atoms with E-state index in [1.165, 1.54) is 8.87 Å². The summed E-state index contributed by atoms with van der Waals surface area (Å²) in [6.07, 6.45) is 0. The topological polar surface area (TPSA) is 63.3 Å². The van der Waals surface area contributed by atoms with Crippen LogP contribution in [0.4, 0.5) is 0 Å². The van der Waals surface area contributed by atoms with Crippen molar-refractivity contribution in [1.82, 2.24) is 0 Å². The van der Waals surface area contributed by atoms with Gasteiger partial charge < -0.3 is 0 Å². The van der Waals surface area contributed by atoms with Gasteiger partial charge in [0, 0.05) is 0 Å². The number of hydrogen-bond donors (Lipinski definition) is 2. The zero-order valence-corrected chi connectivity index (χ0v) is 11.2. The molecule has 3 N–H and O–H groups in total. The van der Waals surface area contributed by atoms with E-state index >= 15 is 0 Å². The summed E-state index contributed by atoms with van der Waals surface area (Å²) >= 11 is -1.24. The molecule has 0 rings (SSSR count). The van der Waals surface area contributed by atoms with Gasteiger partial charge in [0.05, 0.1) is 0 Å². The van der Waals surface area contributed by atoms with Crippen LogP contribution in [0.2, 0.25) is 8.87 Å². The van der Waals surface area contributed by atoms with Gasteiger partial charge in [0.25, 0.3) is 0 Å². The first-order chi connectivity index (χ1) is 5.61. The van der Waals surface area contributed by atoms with E-state index < -0.39 is 30.4 Å². The van der Waals surface area contributed by atoms with Crippen molar-refractivity contribution in [2.75, 3.05) is 5.75 Å². The van der Waals surface area contributed by atoms with E-state index in [1.54, 1.807) is 0 Å². The molecule has 0 aliphatic carbocycles. The van der Waals surface area contributed by atoms with Gasteiger partial charge >= 0.3 is 83.4 Å². The number of rotatable bonds is 6. The Morgan fingerprint density at radius 1 is 1.58 bits per heavy atom. The Labute approximate surface area is 83.3 Å². The monoisotopic (exact) mass is 298 g/mol. The molecule has 1 radical (unpaired) electrons. The average Bonchev–Trinajstić information content (AvgIpc) is 2.05. The van der Waals surface area contributed by atoms with Crippen LogP contribution in [0.15, 0.2) is 0 Å². The van der Waals surface area contributed by atoms with E-state index in [0.29, 0.717) is 5.75 Å². The van der Waals surface area contributed by atoms with E-state index in [1.807, 2.05) is 8.95 Å². The second-order valence-corrected chi connectivity index (χ2v) is 16.6. The molecule has 0 aromatic rings. The van der Waals surface area contributed by atoms with Crippen LogP contribution in [0.3, 0.4) is 0 Å². The fraction of sp³-hybridized carbons (Fsp3) is 0.857. The van der Waals surface area contributed by atoms with Crippen LogP contribution in [0.1, 0.15) is 13.8 Å². The second kappa shape index (κ2) is 7.03. The van der Waals surface area contributed by atoms with Gasteiger partial charge in [0.2, 0.25) is 0 Å². The minimum absolute atomic E-state index is 0.603. The van der Waals surface area contributed by atoms with Crippen LogP contribution >= 0.6 is 8.95 Å². The molecule has 5 heteroatoms. The Morgan fingerprint density at radius 2 is 2.08 bits per heavy atom. The molecule has 0 saturated carbocycles. The predicted molar refractivity (Wildman–Crippen MR) is 54.8 cm³/mol. The van der Waals surface area contributed by atoms with E-state index in [0.717, 1.165) is 0 Å². The Kier molecular flexibility index (Phi) is 7.37. The maximum atomic E-state index is 10.4. The second-order valence-electron chi connectivity index (χ2n) is 2.50. The molecule has 0 aromatic carbocycles. The van der Waals surface area contributed by atoms with Crippen molar-refractivity contribution in [2.45, 2.75) is 28.8 Å². The molecule has 0 aliphatic heterocycles. The number of carboxylic acid groups (broad SMARTS) is 1. The molecule has 0 amide bonds. The Balaban J connectivity index is 3.58. The van der Waals surface area contributed by atoms with E-state index in [9.17, 15) is 4.79 Å². The molecular formula is C7H16NO2SSn. The van der Waals surface area contributed by atoms with Crippen molar-refractivity contribution in [3.63, 3.8) is 0 Å². The van der Waals surface area contributed by atoms with Gasteiger partial charge in [-0.25, -0.2) is 0 Å². The number of hydrogen-bond acceptors (Lipinski definition) is 3. The van der Waals surface area contributed by atoms with Crippen molar-refractivity contribution in [3.05, 3.63) is 0 Å². The molecule has 1 atom stereocenters. The van der Waals surface area contributed by atoms with Crippen molar-refractivity contribution in [3.8, 4) is 0 Å². The van der Waals surface area contributed by atoms with E-state index in [-0.39, 0.29) is 0 Å². The molecule has 0 heterocycles. The standard InChI is InChI=1S/C3H7NO2S.2C2H5.Sn/c4-2(1-7)3(5)6;2*1-2;/h2,7H,1,4H2,(H,5,6);2*1H2,2H3;/q;;;+1/p-1. The number of carboxylic acids is 1. The van der Waals surface area contributed by atoms with Crippen LogP contribution in [0.25, 0.3) is 0 Å². The summed E-state index contributed by atoms with van der Waals surface area (Å²) in [4.78, 5) is 10.4. The molecule has 3 nitrogen and oxygen atoms in total. The van der Waals surface area contributed by atoms with Gasteiger partial charge in [-0.15, -0.1) is 0 Å². The van der Waals surface area contributed by atoms with Crippen LogP contribution in [0, 0.1) is 0 Å². The fourth-order valence-electron chi connectivity index (χ4n) is 0.733. The minimum atomic E-state index is -1.24. The third kappa shape index (κ3) is 5.26. The first-order valence-electron chi connectivity index (χ1n) is 4.07. The van der Waals surface area contributed by atoms with Crippen LogP contribution < -0.4 is 5.73 Å². The Morgan fingerprint density at radius 3 is 2.42 bits per heavy atom. The summed E-state index contributed by atoms with van der Waals surface area (Å²) in [7, 11) is 1.85. The first-order valence-corrected chi connectivity index (χ1v) is 12.6. The van der Waals surface area contributed by atoms with Gasteiger partial charge in [0.15, 0.2) is 0 Å². The molecule has 1 unspecified atom stereocenters. The SMILES string of the molecule is C[CH2][Sn]([CH2]C)[S]CC(N)C(=O)O. The van der Waals surface area contributed by atoms with Gasteiger partial charge in [-0.3, -0.25) is 0 Å². The van der Waals surface area contributed by atoms with Gasteiger partial charge in [-0.2, -0.15) is 0 Å². The van der Waals surface area contributed by atoms with Crippen molar-refractivity contribution >= 4 is 33.3 Å². The summed E-state index contributed by atoms with van der Waals surface area (Å²) in [5.74, 6) is -0.274. The summed E-state index contributed by atoms with van der Waals surface area (Å²) < 4.78 is 2.55. The van der Waals surface area contributed by atoms with Crippen molar-refractivity contribution in [1.29, 1.82) is 0 Å². The summed E-state index contributed by atoms with van der Waals surface area (Å²) in [6.45, 7) is 4.38. The molecule has 0 spiro atoms. The van der Waals surface area contributed by atoms with E-state index in [4.69, 9.17) is 10.8 Å². The number of aliphatic carboxylic acids is 1. The molecule has 0 saturated heterocycles. The zero-order valence-electron chi connectivity index (χ0n) is 7.54. The molecule has 0 bridgehead atoms. The van der Waals surface area contributed by atoms with Gasteiger partial charge in [-0.1, -0.05) is 0 Å². The summed E-state index contributed by atoms with van der Waals surface area (Å²) in [6, 6.07) is -0.663. The molecule has 71 valence electrons. The maximum absolute atomic E-state index is 10.4. The van der Waals surface area contributed by atoms with Crippen LogP contribution in [0.5, 0.6) is 0 Å². The van der Waals surface area contributed by atoms with Gasteiger partial charge in [-0.05, 0) is 0 Å². The molecular weight excluding hydrogens is 281 g/mol. The molecule has 0 fully saturated rings. The van der Waals surface area contributed by atoms with Crippen molar-refractivity contribution < 1.29 is 9.90 Å². The third-order valence-corrected chi connectivity index (χ3v) is 15.8. The van der Waals surface area contributed by atoms with Crippen molar-refractivity contribution in [2.24, 2.45) is 5.73 Å². The number of nitrogens with two attached hydrogens (primary N) is 1. The zero-order chi connectivity index (χ0) is 9.56. The normalized spacial score (nSPS) is 13.3. The molecule has 0 aromatic heterocycles. The van der Waals surface area contributed by atoms with Crippen LogP contribution in [-0.2, 0) is 4.79 Å². The Bertz CT molecular complexity index is 141. The quantitative estimate of drug-likeness (QED) is 0.722. The Hall–Kier alpha value is 0.579. The van der Waals surface area contributed by atoms with Crippen LogP contribution in [-0.4, -0.2) is 41.2 Å². The average molecular weight is 297 g/mol. The summed E-state index contributed by atoms with van der Waals surface area (Å²) in [5, 5.41) is 8.52. The van der Waals surface area contributed by atoms with Gasteiger partial charge in [0.1, 0.15) is 0 Å². The number of carbonyl (C=O) groups is 1. The first kappa shape index (κ1) is 12.6. The molecule has 12 heavy (non-hydrogen) atoms. The third-order valence-electron chi connectivity index (χ3n) is 1.57. The fourth-order valence-corrected chi connectivity index (χ4v) is 10.2. The summed E-state index contributed by atoms with van der Waals surface area (Å²) in [5.41, 5.74) is 5.39. The predicted octanol–water partition coefficient (Wildman–Crippen LogP) is 1.16.